The van der Waals surface area contributed by atoms with Crippen LogP contribution < -0.4 is 0 Å². The Labute approximate surface area is 124 Å². The summed E-state index contributed by atoms with van der Waals surface area (Å²) in [5.74, 6) is -1.27. The molecule has 2 aliphatic rings. The molecule has 3 rings (SSSR count). The van der Waals surface area contributed by atoms with Crippen molar-refractivity contribution in [1.29, 1.82) is 0 Å². The molecule has 2 unspecified atom stereocenters. The van der Waals surface area contributed by atoms with E-state index in [0.717, 1.165) is 24.1 Å². The Morgan fingerprint density at radius 1 is 1.33 bits per heavy atom. The molecular formula is C16H20N2O3. The molecule has 0 aromatic carbocycles. The smallest absolute Gasteiger partial charge is 0.308 e. The Bertz CT molecular complexity index is 551. The van der Waals surface area contributed by atoms with Gasteiger partial charge in [-0.1, -0.05) is 6.07 Å². The molecule has 112 valence electrons. The number of pyridine rings is 1. The van der Waals surface area contributed by atoms with Crippen molar-refractivity contribution in [2.24, 2.45) is 5.92 Å². The number of aryl methyl sites for hydroxylation is 1. The fraction of sp³-hybridized carbons (Fsp3) is 0.562. The number of carboxylic acids is 1. The lowest BCUT2D eigenvalue weighted by atomic mass is 9.90. The fourth-order valence-electron chi connectivity index (χ4n) is 3.20. The molecule has 2 heterocycles. The summed E-state index contributed by atoms with van der Waals surface area (Å²) in [6.45, 7) is 1.90. The van der Waals surface area contributed by atoms with Crippen LogP contribution in [0.2, 0.25) is 0 Å². The van der Waals surface area contributed by atoms with E-state index in [2.05, 4.69) is 4.98 Å². The normalized spacial score (nSPS) is 26.5. The van der Waals surface area contributed by atoms with Crippen molar-refractivity contribution in [2.45, 2.75) is 51.1 Å². The van der Waals surface area contributed by atoms with E-state index >= 15 is 0 Å². The Morgan fingerprint density at radius 3 is 2.67 bits per heavy atom. The SMILES string of the molecule is Cc1ccc(C2C(C(=O)O)CCCC(=O)N2C2CC2)cn1. The van der Waals surface area contributed by atoms with Gasteiger partial charge in [0.1, 0.15) is 0 Å². The lowest BCUT2D eigenvalue weighted by molar-refractivity contribution is -0.146. The van der Waals surface area contributed by atoms with Crippen LogP contribution in [0.1, 0.15) is 49.4 Å². The Hall–Kier alpha value is -1.91. The molecule has 1 aliphatic carbocycles. The molecule has 5 heteroatoms. The fourth-order valence-corrected chi connectivity index (χ4v) is 3.20. The van der Waals surface area contributed by atoms with E-state index in [4.69, 9.17) is 0 Å². The average molecular weight is 288 g/mol. The number of hydrogen-bond donors (Lipinski definition) is 1. The second-order valence-corrected chi connectivity index (χ2v) is 6.05. The molecule has 2 atom stereocenters. The van der Waals surface area contributed by atoms with E-state index in [9.17, 15) is 14.7 Å². The number of aromatic nitrogens is 1. The van der Waals surface area contributed by atoms with Crippen LogP contribution in [0.3, 0.4) is 0 Å². The summed E-state index contributed by atoms with van der Waals surface area (Å²) in [4.78, 5) is 30.2. The van der Waals surface area contributed by atoms with Gasteiger partial charge in [0.25, 0.3) is 0 Å². The average Bonchev–Trinajstić information content (AvgIpc) is 3.26. The zero-order valence-corrected chi connectivity index (χ0v) is 12.2. The molecule has 2 fully saturated rings. The van der Waals surface area contributed by atoms with Gasteiger partial charge in [-0.2, -0.15) is 0 Å². The summed E-state index contributed by atoms with van der Waals surface area (Å²) in [7, 11) is 0. The standard InChI is InChI=1S/C16H20N2O3/c1-10-5-6-11(9-17-10)15-13(16(20)21)3-2-4-14(19)18(15)12-7-8-12/h5-6,9,12-13,15H,2-4,7-8H2,1H3,(H,20,21). The number of hydrogen-bond acceptors (Lipinski definition) is 3. The molecule has 1 saturated carbocycles. The maximum absolute atomic E-state index is 12.4. The number of carbonyl (C=O) groups excluding carboxylic acids is 1. The maximum atomic E-state index is 12.4. The van der Waals surface area contributed by atoms with Crippen LogP contribution in [-0.4, -0.2) is 32.9 Å². The van der Waals surface area contributed by atoms with Crippen molar-refractivity contribution in [2.75, 3.05) is 0 Å². The predicted octanol–water partition coefficient (Wildman–Crippen LogP) is 2.31. The van der Waals surface area contributed by atoms with Crippen molar-refractivity contribution in [3.8, 4) is 0 Å². The van der Waals surface area contributed by atoms with Gasteiger partial charge in [0.2, 0.25) is 5.91 Å². The topological polar surface area (TPSA) is 70.5 Å². The zero-order valence-electron chi connectivity index (χ0n) is 12.2. The number of carbonyl (C=O) groups is 2. The first-order valence-electron chi connectivity index (χ1n) is 7.54. The van der Waals surface area contributed by atoms with Crippen LogP contribution in [0.4, 0.5) is 0 Å². The molecule has 1 amide bonds. The van der Waals surface area contributed by atoms with Gasteiger partial charge in [-0.15, -0.1) is 0 Å². The predicted molar refractivity (Wildman–Crippen MR) is 76.6 cm³/mol. The Balaban J connectivity index is 2.03. The summed E-state index contributed by atoms with van der Waals surface area (Å²) in [5, 5.41) is 9.60. The summed E-state index contributed by atoms with van der Waals surface area (Å²) in [6.07, 6.45) is 5.33. The molecule has 1 aromatic rings. The maximum Gasteiger partial charge on any atom is 0.308 e. The van der Waals surface area contributed by atoms with E-state index in [-0.39, 0.29) is 18.0 Å². The molecule has 0 bridgehead atoms. The van der Waals surface area contributed by atoms with E-state index in [1.807, 2.05) is 24.0 Å². The molecule has 0 spiro atoms. The number of aliphatic carboxylic acids is 1. The molecule has 1 saturated heterocycles. The van der Waals surface area contributed by atoms with E-state index < -0.39 is 11.9 Å². The highest BCUT2D eigenvalue weighted by atomic mass is 16.4. The lowest BCUT2D eigenvalue weighted by Crippen LogP contribution is -2.40. The van der Waals surface area contributed by atoms with Crippen LogP contribution in [0, 0.1) is 12.8 Å². The summed E-state index contributed by atoms with van der Waals surface area (Å²) in [5.41, 5.74) is 1.73. The molecular weight excluding hydrogens is 268 g/mol. The van der Waals surface area contributed by atoms with Gasteiger partial charge in [0.05, 0.1) is 12.0 Å². The number of carboxylic acid groups (broad SMARTS) is 1. The quantitative estimate of drug-likeness (QED) is 0.926. The van der Waals surface area contributed by atoms with Crippen LogP contribution in [-0.2, 0) is 9.59 Å². The minimum atomic E-state index is -0.819. The second kappa shape index (κ2) is 5.47. The second-order valence-electron chi connectivity index (χ2n) is 6.05. The summed E-state index contributed by atoms with van der Waals surface area (Å²) >= 11 is 0. The van der Waals surface area contributed by atoms with Gasteiger partial charge in [-0.3, -0.25) is 14.6 Å². The molecule has 1 aliphatic heterocycles. The van der Waals surface area contributed by atoms with Crippen molar-refractivity contribution in [1.82, 2.24) is 9.88 Å². The van der Waals surface area contributed by atoms with Crippen molar-refractivity contribution >= 4 is 11.9 Å². The van der Waals surface area contributed by atoms with Gasteiger partial charge in [-0.25, -0.2) is 0 Å². The molecule has 0 radical (unpaired) electrons. The van der Waals surface area contributed by atoms with Crippen LogP contribution in [0.15, 0.2) is 18.3 Å². The first-order chi connectivity index (χ1) is 10.1. The van der Waals surface area contributed by atoms with Crippen molar-refractivity contribution in [3.05, 3.63) is 29.6 Å². The number of amides is 1. The highest BCUT2D eigenvalue weighted by molar-refractivity contribution is 5.80. The van der Waals surface area contributed by atoms with E-state index in [0.29, 0.717) is 19.3 Å². The van der Waals surface area contributed by atoms with Gasteiger partial charge in [0.15, 0.2) is 0 Å². The minimum absolute atomic E-state index is 0.0897. The number of nitrogens with zero attached hydrogens (tertiary/aromatic N) is 2. The van der Waals surface area contributed by atoms with Gasteiger partial charge >= 0.3 is 5.97 Å². The third-order valence-electron chi connectivity index (χ3n) is 4.41. The highest BCUT2D eigenvalue weighted by Crippen LogP contribution is 2.42. The van der Waals surface area contributed by atoms with Crippen LogP contribution in [0.5, 0.6) is 0 Å². The summed E-state index contributed by atoms with van der Waals surface area (Å²) < 4.78 is 0. The van der Waals surface area contributed by atoms with Gasteiger partial charge < -0.3 is 10.0 Å². The largest absolute Gasteiger partial charge is 0.481 e. The monoisotopic (exact) mass is 288 g/mol. The van der Waals surface area contributed by atoms with Gasteiger partial charge in [-0.05, 0) is 44.2 Å². The minimum Gasteiger partial charge on any atom is -0.481 e. The molecule has 5 nitrogen and oxygen atoms in total. The van der Waals surface area contributed by atoms with Crippen LogP contribution in [0.25, 0.3) is 0 Å². The first kappa shape index (κ1) is 14.0. The molecule has 1 N–H and O–H groups in total. The lowest BCUT2D eigenvalue weighted by Gasteiger charge is -2.34. The highest BCUT2D eigenvalue weighted by Gasteiger charge is 2.44. The Kier molecular flexibility index (Phi) is 3.66. The zero-order chi connectivity index (χ0) is 15.0. The van der Waals surface area contributed by atoms with E-state index in [1.54, 1.807) is 6.20 Å². The molecule has 1 aromatic heterocycles. The number of likely N-dealkylation sites (tertiary alicyclic amines) is 1. The number of rotatable bonds is 3. The molecule has 21 heavy (non-hydrogen) atoms. The van der Waals surface area contributed by atoms with E-state index in [1.165, 1.54) is 0 Å². The van der Waals surface area contributed by atoms with Crippen molar-refractivity contribution < 1.29 is 14.7 Å². The first-order valence-corrected chi connectivity index (χ1v) is 7.54. The third-order valence-corrected chi connectivity index (χ3v) is 4.41. The van der Waals surface area contributed by atoms with Crippen LogP contribution >= 0.6 is 0 Å². The summed E-state index contributed by atoms with van der Waals surface area (Å²) in [6, 6.07) is 3.63. The van der Waals surface area contributed by atoms with Crippen molar-refractivity contribution in [3.63, 3.8) is 0 Å². The van der Waals surface area contributed by atoms with Gasteiger partial charge in [0, 0.05) is 24.4 Å². The third kappa shape index (κ3) is 2.77. The Morgan fingerprint density at radius 2 is 2.10 bits per heavy atom.